The summed E-state index contributed by atoms with van der Waals surface area (Å²) in [5.74, 6) is 0. The van der Waals surface area contributed by atoms with Crippen molar-refractivity contribution in [1.29, 1.82) is 0 Å². The van der Waals surface area contributed by atoms with Crippen LogP contribution in [0.5, 0.6) is 0 Å². The van der Waals surface area contributed by atoms with Gasteiger partial charge in [0.2, 0.25) is 0 Å². The Morgan fingerprint density at radius 3 is 2.75 bits per heavy atom. The molecule has 0 aromatic heterocycles. The number of nitrogens with one attached hydrogen (secondary N) is 1. The van der Waals surface area contributed by atoms with Gasteiger partial charge in [-0.1, -0.05) is 0 Å². The van der Waals surface area contributed by atoms with Gasteiger partial charge in [-0.05, 0) is 19.3 Å². The van der Waals surface area contributed by atoms with Crippen LogP contribution in [0.25, 0.3) is 0 Å². The first-order chi connectivity index (χ1) is 7.51. The van der Waals surface area contributed by atoms with Crippen molar-refractivity contribution in [3.8, 4) is 0 Å². The maximum absolute atomic E-state index is 13.7. The second-order valence-corrected chi connectivity index (χ2v) is 4.70. The van der Waals surface area contributed by atoms with E-state index in [9.17, 15) is 14.3 Å². The predicted molar refractivity (Wildman–Crippen MR) is 55.1 cm³/mol. The number of amides is 1. The van der Waals surface area contributed by atoms with Crippen molar-refractivity contribution in [2.75, 3.05) is 19.6 Å². The maximum atomic E-state index is 13.7. The van der Waals surface area contributed by atoms with Gasteiger partial charge in [0.25, 0.3) is 0 Å². The average Bonchev–Trinajstić information content (AvgIpc) is 3.03. The van der Waals surface area contributed by atoms with Gasteiger partial charge in [0.05, 0.1) is 6.54 Å². The average molecular weight is 232 g/mol. The fourth-order valence-corrected chi connectivity index (χ4v) is 1.92. The first kappa shape index (κ1) is 11.6. The summed E-state index contributed by atoms with van der Waals surface area (Å²) in [5.41, 5.74) is -1.41. The Morgan fingerprint density at radius 2 is 2.25 bits per heavy atom. The monoisotopic (exact) mass is 232 g/mol. The van der Waals surface area contributed by atoms with Gasteiger partial charge in [0, 0.05) is 19.1 Å². The van der Waals surface area contributed by atoms with E-state index in [2.05, 4.69) is 5.32 Å². The molecule has 5 nitrogen and oxygen atoms in total. The Hall–Kier alpha value is -0.880. The Labute approximate surface area is 93.2 Å². The van der Waals surface area contributed by atoms with Gasteiger partial charge in [-0.2, -0.15) is 0 Å². The van der Waals surface area contributed by atoms with Crippen LogP contribution in [0, 0.1) is 0 Å². The first-order valence-corrected chi connectivity index (χ1v) is 5.59. The zero-order valence-corrected chi connectivity index (χ0v) is 9.03. The molecule has 16 heavy (non-hydrogen) atoms. The minimum atomic E-state index is -1.51. The molecule has 1 saturated carbocycles. The maximum Gasteiger partial charge on any atom is 0.407 e. The van der Waals surface area contributed by atoms with Gasteiger partial charge in [-0.3, -0.25) is 0 Å². The molecule has 1 saturated heterocycles. The molecule has 1 aliphatic carbocycles. The standard InChI is InChI=1S/C10H17FN2O3/c11-8-5-13(9(14)15)4-3-10(8,16)6-12-7-1-2-7/h7-8,12,16H,1-6H2,(H,14,15)/t8-,10+/m0/s1. The lowest BCUT2D eigenvalue weighted by Crippen LogP contribution is -2.59. The molecule has 0 bridgehead atoms. The fraction of sp³-hybridized carbons (Fsp3) is 0.900. The smallest absolute Gasteiger partial charge is 0.407 e. The summed E-state index contributed by atoms with van der Waals surface area (Å²) in [6, 6.07) is 0.411. The van der Waals surface area contributed by atoms with Crippen LogP contribution in [0.3, 0.4) is 0 Å². The molecule has 2 aliphatic rings. The molecule has 2 rings (SSSR count). The van der Waals surface area contributed by atoms with Crippen molar-refractivity contribution in [3.05, 3.63) is 0 Å². The highest BCUT2D eigenvalue weighted by atomic mass is 19.1. The lowest BCUT2D eigenvalue weighted by atomic mass is 9.89. The highest BCUT2D eigenvalue weighted by Gasteiger charge is 2.43. The lowest BCUT2D eigenvalue weighted by molar-refractivity contribution is -0.0773. The normalized spacial score (nSPS) is 35.1. The van der Waals surface area contributed by atoms with Crippen LogP contribution in [-0.2, 0) is 0 Å². The van der Waals surface area contributed by atoms with Crippen molar-refractivity contribution >= 4 is 6.09 Å². The van der Waals surface area contributed by atoms with Gasteiger partial charge in [-0.25, -0.2) is 9.18 Å². The summed E-state index contributed by atoms with van der Waals surface area (Å²) in [5, 5.41) is 21.9. The number of nitrogens with zero attached hydrogens (tertiary/aromatic N) is 1. The van der Waals surface area contributed by atoms with E-state index in [-0.39, 0.29) is 26.1 Å². The third-order valence-corrected chi connectivity index (χ3v) is 3.32. The van der Waals surface area contributed by atoms with E-state index < -0.39 is 17.9 Å². The molecular weight excluding hydrogens is 215 g/mol. The number of hydrogen-bond donors (Lipinski definition) is 3. The molecule has 0 radical (unpaired) electrons. The Balaban J connectivity index is 1.87. The number of likely N-dealkylation sites (tertiary alicyclic amines) is 1. The largest absolute Gasteiger partial charge is 0.465 e. The quantitative estimate of drug-likeness (QED) is 0.649. The zero-order chi connectivity index (χ0) is 11.8. The minimum Gasteiger partial charge on any atom is -0.465 e. The molecular formula is C10H17FN2O3. The molecule has 6 heteroatoms. The van der Waals surface area contributed by atoms with Crippen LogP contribution in [0.4, 0.5) is 9.18 Å². The zero-order valence-electron chi connectivity index (χ0n) is 9.03. The van der Waals surface area contributed by atoms with Crippen LogP contribution < -0.4 is 5.32 Å². The van der Waals surface area contributed by atoms with Crippen LogP contribution in [-0.4, -0.2) is 58.7 Å². The van der Waals surface area contributed by atoms with Crippen molar-refractivity contribution in [3.63, 3.8) is 0 Å². The second kappa shape index (κ2) is 4.18. The first-order valence-electron chi connectivity index (χ1n) is 5.59. The van der Waals surface area contributed by atoms with E-state index in [4.69, 9.17) is 5.11 Å². The van der Waals surface area contributed by atoms with Crippen molar-refractivity contribution in [2.45, 2.75) is 37.1 Å². The molecule has 2 fully saturated rings. The van der Waals surface area contributed by atoms with E-state index in [1.54, 1.807) is 0 Å². The number of carboxylic acid groups (broad SMARTS) is 1. The third kappa shape index (κ3) is 2.44. The molecule has 3 N–H and O–H groups in total. The van der Waals surface area contributed by atoms with Crippen LogP contribution in [0.1, 0.15) is 19.3 Å². The second-order valence-electron chi connectivity index (χ2n) is 4.70. The minimum absolute atomic E-state index is 0.153. The fourth-order valence-electron chi connectivity index (χ4n) is 1.92. The number of hydrogen-bond acceptors (Lipinski definition) is 3. The Bertz CT molecular complexity index is 285. The highest BCUT2D eigenvalue weighted by Crippen LogP contribution is 2.27. The van der Waals surface area contributed by atoms with Crippen molar-refractivity contribution in [2.24, 2.45) is 0 Å². The summed E-state index contributed by atoms with van der Waals surface area (Å²) in [6.45, 7) is 0.170. The van der Waals surface area contributed by atoms with Crippen molar-refractivity contribution < 1.29 is 19.4 Å². The molecule has 0 aromatic rings. The molecule has 0 unspecified atom stereocenters. The molecule has 0 spiro atoms. The number of halogens is 1. The Morgan fingerprint density at radius 1 is 1.56 bits per heavy atom. The van der Waals surface area contributed by atoms with Crippen LogP contribution in [0.2, 0.25) is 0 Å². The lowest BCUT2D eigenvalue weighted by Gasteiger charge is -2.39. The van der Waals surface area contributed by atoms with E-state index >= 15 is 0 Å². The third-order valence-electron chi connectivity index (χ3n) is 3.32. The van der Waals surface area contributed by atoms with Gasteiger partial charge < -0.3 is 20.4 Å². The number of alkyl halides is 1. The van der Waals surface area contributed by atoms with Crippen LogP contribution in [0.15, 0.2) is 0 Å². The number of aliphatic hydroxyl groups is 1. The molecule has 2 atom stereocenters. The summed E-state index contributed by atoms with van der Waals surface area (Å²) in [4.78, 5) is 11.7. The summed E-state index contributed by atoms with van der Waals surface area (Å²) in [6.07, 6.45) is -0.327. The van der Waals surface area contributed by atoms with Gasteiger partial charge >= 0.3 is 6.09 Å². The number of rotatable bonds is 3. The Kier molecular flexibility index (Phi) is 3.03. The number of carbonyl (C=O) groups is 1. The van der Waals surface area contributed by atoms with Crippen molar-refractivity contribution in [1.82, 2.24) is 10.2 Å². The molecule has 1 heterocycles. The van der Waals surface area contributed by atoms with E-state index in [0.29, 0.717) is 6.04 Å². The van der Waals surface area contributed by atoms with E-state index in [1.165, 1.54) is 0 Å². The summed E-state index contributed by atoms with van der Waals surface area (Å²) in [7, 11) is 0. The summed E-state index contributed by atoms with van der Waals surface area (Å²) < 4.78 is 13.7. The molecule has 1 amide bonds. The molecule has 92 valence electrons. The molecule has 1 aliphatic heterocycles. The molecule has 0 aromatic carbocycles. The van der Waals surface area contributed by atoms with Crippen LogP contribution >= 0.6 is 0 Å². The predicted octanol–water partition coefficient (Wildman–Crippen LogP) is 0.191. The topological polar surface area (TPSA) is 72.8 Å². The van der Waals surface area contributed by atoms with Gasteiger partial charge in [0.1, 0.15) is 11.8 Å². The van der Waals surface area contributed by atoms with Gasteiger partial charge in [-0.15, -0.1) is 0 Å². The summed E-state index contributed by atoms with van der Waals surface area (Å²) >= 11 is 0. The number of piperidine rings is 1. The van der Waals surface area contributed by atoms with Gasteiger partial charge in [0.15, 0.2) is 0 Å². The SMILES string of the molecule is O=C(O)N1CC[C@@](O)(CNC2CC2)[C@@H](F)C1. The highest BCUT2D eigenvalue weighted by molar-refractivity contribution is 5.65. The van der Waals surface area contributed by atoms with E-state index in [1.807, 2.05) is 0 Å². The van der Waals surface area contributed by atoms with E-state index in [0.717, 1.165) is 17.7 Å².